The fraction of sp³-hybridized carbons (Fsp3) is 0.500. The fourth-order valence-corrected chi connectivity index (χ4v) is 3.77. The van der Waals surface area contributed by atoms with Gasteiger partial charge >= 0.3 is 0 Å². The average molecular weight is 398 g/mol. The molecule has 2 rings (SSSR count). The summed E-state index contributed by atoms with van der Waals surface area (Å²) in [5.74, 6) is -0.409. The van der Waals surface area contributed by atoms with E-state index in [9.17, 15) is 14.0 Å². The molecule has 1 aromatic rings. The maximum atomic E-state index is 12.9. The number of rotatable bonds is 7. The van der Waals surface area contributed by atoms with Gasteiger partial charge in [-0.05, 0) is 37.5 Å². The Kier molecular flexibility index (Phi) is 8.31. The molecular formula is C18H24FN3O2S2. The molecule has 1 aliphatic rings. The molecule has 1 aromatic carbocycles. The summed E-state index contributed by atoms with van der Waals surface area (Å²) < 4.78 is 13.6. The number of benzene rings is 1. The maximum absolute atomic E-state index is 12.9. The van der Waals surface area contributed by atoms with Crippen molar-refractivity contribution < 1.29 is 14.0 Å². The number of halogens is 1. The van der Waals surface area contributed by atoms with E-state index < -0.39 is 0 Å². The highest BCUT2D eigenvalue weighted by molar-refractivity contribution is 8.23. The van der Waals surface area contributed by atoms with Crippen molar-refractivity contribution in [2.45, 2.75) is 26.3 Å². The lowest BCUT2D eigenvalue weighted by molar-refractivity contribution is -0.133. The van der Waals surface area contributed by atoms with E-state index in [1.165, 1.54) is 28.8 Å². The molecule has 1 fully saturated rings. The molecule has 0 spiro atoms. The van der Waals surface area contributed by atoms with Crippen molar-refractivity contribution in [3.8, 4) is 0 Å². The lowest BCUT2D eigenvalue weighted by Gasteiger charge is -2.22. The Morgan fingerprint density at radius 1 is 1.27 bits per heavy atom. The summed E-state index contributed by atoms with van der Waals surface area (Å²) in [6, 6.07) is 5.94. The molecule has 0 bridgehead atoms. The van der Waals surface area contributed by atoms with Crippen LogP contribution in [0.1, 0.15) is 25.3 Å². The molecule has 1 aliphatic heterocycles. The Bertz CT molecular complexity index is 634. The number of nitrogens with one attached hydrogen (secondary N) is 1. The highest BCUT2D eigenvalue weighted by Gasteiger charge is 2.19. The minimum Gasteiger partial charge on any atom is -0.358 e. The van der Waals surface area contributed by atoms with Gasteiger partial charge in [0.05, 0.1) is 12.3 Å². The normalized spacial score (nSPS) is 13.5. The molecule has 0 atom stereocenters. The van der Waals surface area contributed by atoms with Gasteiger partial charge in [-0.3, -0.25) is 9.59 Å². The molecule has 0 unspecified atom stereocenters. The van der Waals surface area contributed by atoms with Crippen molar-refractivity contribution in [2.75, 3.05) is 31.9 Å². The summed E-state index contributed by atoms with van der Waals surface area (Å²) in [4.78, 5) is 28.1. The van der Waals surface area contributed by atoms with E-state index in [2.05, 4.69) is 10.2 Å². The minimum atomic E-state index is -0.313. The van der Waals surface area contributed by atoms with Crippen molar-refractivity contribution in [1.29, 1.82) is 0 Å². The van der Waals surface area contributed by atoms with Gasteiger partial charge in [-0.15, -0.1) is 0 Å². The van der Waals surface area contributed by atoms with Gasteiger partial charge in [0, 0.05) is 26.2 Å². The monoisotopic (exact) mass is 397 g/mol. The molecule has 0 aliphatic carbocycles. The van der Waals surface area contributed by atoms with Crippen LogP contribution in [0.25, 0.3) is 0 Å². The molecule has 26 heavy (non-hydrogen) atoms. The number of hydrogen-bond acceptors (Lipinski definition) is 4. The number of hydrogen-bond donors (Lipinski definition) is 1. The quantitative estimate of drug-likeness (QED) is 0.716. The Balaban J connectivity index is 1.73. The summed E-state index contributed by atoms with van der Waals surface area (Å²) in [5, 5.41) is 2.75. The number of carbonyl (C=O) groups excluding carboxylic acids is 2. The molecule has 1 N–H and O–H groups in total. The summed E-state index contributed by atoms with van der Waals surface area (Å²) in [6.45, 7) is 4.54. The van der Waals surface area contributed by atoms with E-state index in [0.717, 1.165) is 35.8 Å². The first-order chi connectivity index (χ1) is 12.5. The molecule has 8 heteroatoms. The molecule has 142 valence electrons. The number of nitrogens with zero attached hydrogens (tertiary/aromatic N) is 2. The van der Waals surface area contributed by atoms with Crippen LogP contribution in [0.5, 0.6) is 0 Å². The third-order valence-electron chi connectivity index (χ3n) is 4.16. The van der Waals surface area contributed by atoms with Crippen molar-refractivity contribution in [1.82, 2.24) is 15.1 Å². The average Bonchev–Trinajstić information content (AvgIpc) is 3.18. The zero-order chi connectivity index (χ0) is 18.9. The van der Waals surface area contributed by atoms with Gasteiger partial charge in [-0.25, -0.2) is 4.39 Å². The van der Waals surface area contributed by atoms with E-state index >= 15 is 0 Å². The molecule has 0 aromatic heterocycles. The number of thioether (sulfide) groups is 1. The zero-order valence-corrected chi connectivity index (χ0v) is 16.5. The zero-order valence-electron chi connectivity index (χ0n) is 14.9. The van der Waals surface area contributed by atoms with Gasteiger partial charge in [0.15, 0.2) is 0 Å². The topological polar surface area (TPSA) is 52.7 Å². The molecule has 0 radical (unpaired) electrons. The lowest BCUT2D eigenvalue weighted by atomic mass is 10.2. The molecule has 1 heterocycles. The van der Waals surface area contributed by atoms with Crippen LogP contribution in [0.3, 0.4) is 0 Å². The molecule has 1 saturated heterocycles. The first kappa shape index (κ1) is 20.6. The third-order valence-corrected chi connectivity index (χ3v) is 5.66. The van der Waals surface area contributed by atoms with Crippen LogP contribution in [0.15, 0.2) is 24.3 Å². The SMILES string of the molecule is CCN(CC(=O)NCc1ccc(F)cc1)C(=O)CSC(=S)N1CCCC1. The van der Waals surface area contributed by atoms with Crippen molar-refractivity contribution in [3.63, 3.8) is 0 Å². The highest BCUT2D eigenvalue weighted by Crippen LogP contribution is 2.16. The first-order valence-corrected chi connectivity index (χ1v) is 10.1. The van der Waals surface area contributed by atoms with Crippen LogP contribution in [0.4, 0.5) is 4.39 Å². The largest absolute Gasteiger partial charge is 0.358 e. The van der Waals surface area contributed by atoms with Crippen LogP contribution in [0.2, 0.25) is 0 Å². The standard InChI is InChI=1S/C18H24FN3O2S2/c1-2-21(17(24)13-26-18(25)22-9-3-4-10-22)12-16(23)20-11-14-5-7-15(19)8-6-14/h5-8H,2-4,9-13H2,1H3,(H,20,23). The van der Waals surface area contributed by atoms with Gasteiger partial charge in [-0.1, -0.05) is 36.1 Å². The van der Waals surface area contributed by atoms with Gasteiger partial charge in [0.1, 0.15) is 10.1 Å². The molecule has 5 nitrogen and oxygen atoms in total. The predicted molar refractivity (Wildman–Crippen MR) is 106 cm³/mol. The van der Waals surface area contributed by atoms with E-state index in [1.54, 1.807) is 12.1 Å². The van der Waals surface area contributed by atoms with E-state index in [4.69, 9.17) is 12.2 Å². The number of likely N-dealkylation sites (tertiary alicyclic amines) is 1. The summed E-state index contributed by atoms with van der Waals surface area (Å²) in [6.07, 6.45) is 2.29. The van der Waals surface area contributed by atoms with Gasteiger partial charge in [0.25, 0.3) is 0 Å². The summed E-state index contributed by atoms with van der Waals surface area (Å²) in [5.41, 5.74) is 0.806. The minimum absolute atomic E-state index is 0.00750. The Hall–Kier alpha value is -1.67. The Morgan fingerprint density at radius 3 is 2.54 bits per heavy atom. The number of carbonyl (C=O) groups is 2. The molecule has 2 amide bonds. The van der Waals surface area contributed by atoms with Gasteiger partial charge in [-0.2, -0.15) is 0 Å². The number of thiocarbonyl (C=S) groups is 1. The van der Waals surface area contributed by atoms with E-state index in [-0.39, 0.29) is 29.9 Å². The van der Waals surface area contributed by atoms with E-state index in [1.807, 2.05) is 6.92 Å². The maximum Gasteiger partial charge on any atom is 0.239 e. The predicted octanol–water partition coefficient (Wildman–Crippen LogP) is 2.40. The number of amides is 2. The smallest absolute Gasteiger partial charge is 0.239 e. The van der Waals surface area contributed by atoms with Crippen LogP contribution < -0.4 is 5.32 Å². The van der Waals surface area contributed by atoms with Crippen LogP contribution >= 0.6 is 24.0 Å². The second-order valence-corrected chi connectivity index (χ2v) is 7.67. The third kappa shape index (κ3) is 6.57. The molecular weight excluding hydrogens is 373 g/mol. The Labute approximate surface area is 163 Å². The Morgan fingerprint density at radius 2 is 1.92 bits per heavy atom. The number of likely N-dealkylation sites (N-methyl/N-ethyl adjacent to an activating group) is 1. The van der Waals surface area contributed by atoms with Gasteiger partial charge in [0.2, 0.25) is 11.8 Å². The fourth-order valence-electron chi connectivity index (χ4n) is 2.61. The second-order valence-electron chi connectivity index (χ2n) is 6.06. The highest BCUT2D eigenvalue weighted by atomic mass is 32.2. The summed E-state index contributed by atoms with van der Waals surface area (Å²) in [7, 11) is 0. The van der Waals surface area contributed by atoms with Crippen molar-refractivity contribution in [3.05, 3.63) is 35.6 Å². The molecule has 0 saturated carbocycles. The lowest BCUT2D eigenvalue weighted by Crippen LogP contribution is -2.41. The van der Waals surface area contributed by atoms with Crippen LogP contribution in [-0.4, -0.2) is 57.9 Å². The van der Waals surface area contributed by atoms with Gasteiger partial charge < -0.3 is 15.1 Å². The van der Waals surface area contributed by atoms with Crippen LogP contribution in [-0.2, 0) is 16.1 Å². The second kappa shape index (κ2) is 10.5. The van der Waals surface area contributed by atoms with Crippen molar-refractivity contribution in [2.24, 2.45) is 0 Å². The van der Waals surface area contributed by atoms with Crippen LogP contribution in [0, 0.1) is 5.82 Å². The first-order valence-electron chi connectivity index (χ1n) is 8.70. The summed E-state index contributed by atoms with van der Waals surface area (Å²) >= 11 is 6.72. The van der Waals surface area contributed by atoms with E-state index in [0.29, 0.717) is 13.1 Å². The van der Waals surface area contributed by atoms with Crippen molar-refractivity contribution >= 4 is 40.1 Å².